The van der Waals surface area contributed by atoms with E-state index in [-0.39, 0.29) is 17.1 Å². The molecule has 4 aromatic rings. The van der Waals surface area contributed by atoms with Crippen LogP contribution in [-0.2, 0) is 6.54 Å². The first-order chi connectivity index (χ1) is 15.6. The number of halogens is 1. The van der Waals surface area contributed by atoms with Crippen molar-refractivity contribution in [3.05, 3.63) is 110 Å². The van der Waals surface area contributed by atoms with Gasteiger partial charge in [0.1, 0.15) is 11.3 Å². The molecule has 0 saturated carbocycles. The summed E-state index contributed by atoms with van der Waals surface area (Å²) in [5.41, 5.74) is 2.21. The Morgan fingerprint density at radius 2 is 1.75 bits per heavy atom. The van der Waals surface area contributed by atoms with Gasteiger partial charge in [0.15, 0.2) is 5.43 Å². The standard InChI is InChI=1S/C26H20ClNO4/c1-2-31-19-11-8-17(9-12-19)23-22-24(29)20-14-18(27)10-13-21(20)32-25(22)26(30)28(23)15-16-6-4-3-5-7-16/h3-14,23H,2,15H2,1H3/t23-/m0/s1. The molecule has 160 valence electrons. The van der Waals surface area contributed by atoms with E-state index in [2.05, 4.69) is 0 Å². The van der Waals surface area contributed by atoms with Crippen molar-refractivity contribution in [3.63, 3.8) is 0 Å². The molecule has 0 bridgehead atoms. The molecule has 0 unspecified atom stereocenters. The van der Waals surface area contributed by atoms with E-state index in [0.29, 0.717) is 34.7 Å². The van der Waals surface area contributed by atoms with Crippen molar-refractivity contribution >= 4 is 28.5 Å². The summed E-state index contributed by atoms with van der Waals surface area (Å²) in [5, 5.41) is 0.800. The molecule has 3 aromatic carbocycles. The van der Waals surface area contributed by atoms with Gasteiger partial charge in [-0.2, -0.15) is 0 Å². The molecule has 32 heavy (non-hydrogen) atoms. The molecular formula is C26H20ClNO4. The fraction of sp³-hybridized carbons (Fsp3) is 0.154. The molecule has 0 fully saturated rings. The van der Waals surface area contributed by atoms with Crippen LogP contribution in [0.4, 0.5) is 0 Å². The summed E-state index contributed by atoms with van der Waals surface area (Å²) in [6, 6.07) is 21.4. The number of nitrogens with zero attached hydrogens (tertiary/aromatic N) is 1. The second kappa shape index (κ2) is 8.17. The third-order valence-corrected chi connectivity index (χ3v) is 5.87. The molecule has 0 spiro atoms. The van der Waals surface area contributed by atoms with Gasteiger partial charge in [-0.25, -0.2) is 0 Å². The van der Waals surface area contributed by atoms with E-state index in [0.717, 1.165) is 16.9 Å². The quantitative estimate of drug-likeness (QED) is 0.401. The smallest absolute Gasteiger partial charge is 0.291 e. The third-order valence-electron chi connectivity index (χ3n) is 5.63. The second-order valence-corrected chi connectivity index (χ2v) is 8.07. The van der Waals surface area contributed by atoms with Crippen molar-refractivity contribution < 1.29 is 13.9 Å². The number of amides is 1. The van der Waals surface area contributed by atoms with Gasteiger partial charge in [-0.05, 0) is 48.4 Å². The molecule has 5 nitrogen and oxygen atoms in total. The minimum atomic E-state index is -0.576. The van der Waals surface area contributed by atoms with E-state index in [1.807, 2.05) is 61.5 Å². The molecule has 5 rings (SSSR count). The van der Waals surface area contributed by atoms with Gasteiger partial charge in [0, 0.05) is 11.6 Å². The van der Waals surface area contributed by atoms with Crippen LogP contribution in [0, 0.1) is 0 Å². The lowest BCUT2D eigenvalue weighted by molar-refractivity contribution is 0.0714. The minimum Gasteiger partial charge on any atom is -0.494 e. The summed E-state index contributed by atoms with van der Waals surface area (Å²) in [5.74, 6) is 0.504. The van der Waals surface area contributed by atoms with Gasteiger partial charge in [-0.15, -0.1) is 0 Å². The van der Waals surface area contributed by atoms with Gasteiger partial charge in [0.2, 0.25) is 5.76 Å². The Balaban J connectivity index is 1.69. The number of carbonyl (C=O) groups excluding carboxylic acids is 1. The fourth-order valence-electron chi connectivity index (χ4n) is 4.20. The average Bonchev–Trinajstić information content (AvgIpc) is 3.08. The number of fused-ring (bicyclic) bond motifs is 2. The first kappa shape index (κ1) is 20.3. The Kier molecular flexibility index (Phi) is 5.19. The van der Waals surface area contributed by atoms with Crippen LogP contribution in [0.1, 0.15) is 40.2 Å². The van der Waals surface area contributed by atoms with Gasteiger partial charge in [-0.3, -0.25) is 9.59 Å². The van der Waals surface area contributed by atoms with Gasteiger partial charge in [-0.1, -0.05) is 54.1 Å². The highest BCUT2D eigenvalue weighted by Gasteiger charge is 2.42. The van der Waals surface area contributed by atoms with E-state index in [1.165, 1.54) is 0 Å². The van der Waals surface area contributed by atoms with Crippen LogP contribution in [0.15, 0.2) is 82.0 Å². The maximum absolute atomic E-state index is 13.5. The predicted octanol–water partition coefficient (Wildman–Crippen LogP) is 5.59. The Morgan fingerprint density at radius 1 is 1.00 bits per heavy atom. The SMILES string of the molecule is CCOc1ccc([C@H]2c3c(oc4ccc(Cl)cc4c3=O)C(=O)N2Cc2ccccc2)cc1. The van der Waals surface area contributed by atoms with Crippen molar-refractivity contribution in [3.8, 4) is 5.75 Å². The Morgan fingerprint density at radius 3 is 2.47 bits per heavy atom. The lowest BCUT2D eigenvalue weighted by Crippen LogP contribution is -2.29. The van der Waals surface area contributed by atoms with Gasteiger partial charge < -0.3 is 14.1 Å². The van der Waals surface area contributed by atoms with E-state index in [9.17, 15) is 9.59 Å². The van der Waals surface area contributed by atoms with E-state index in [4.69, 9.17) is 20.8 Å². The summed E-state index contributed by atoms with van der Waals surface area (Å²) in [6.45, 7) is 2.82. The fourth-order valence-corrected chi connectivity index (χ4v) is 4.37. The number of hydrogen-bond donors (Lipinski definition) is 0. The van der Waals surface area contributed by atoms with E-state index in [1.54, 1.807) is 23.1 Å². The van der Waals surface area contributed by atoms with Crippen LogP contribution in [0.25, 0.3) is 11.0 Å². The first-order valence-electron chi connectivity index (χ1n) is 10.4. The van der Waals surface area contributed by atoms with Crippen molar-refractivity contribution in [2.75, 3.05) is 6.61 Å². The normalized spacial score (nSPS) is 15.2. The van der Waals surface area contributed by atoms with Crippen molar-refractivity contribution in [1.82, 2.24) is 4.90 Å². The molecule has 0 N–H and O–H groups in total. The molecule has 0 radical (unpaired) electrons. The second-order valence-electron chi connectivity index (χ2n) is 7.64. The van der Waals surface area contributed by atoms with Crippen LogP contribution in [-0.4, -0.2) is 17.4 Å². The first-order valence-corrected chi connectivity index (χ1v) is 10.8. The molecule has 6 heteroatoms. The molecule has 0 saturated heterocycles. The summed E-state index contributed by atoms with van der Waals surface area (Å²) >= 11 is 6.13. The molecule has 0 aliphatic carbocycles. The van der Waals surface area contributed by atoms with E-state index < -0.39 is 6.04 Å². The zero-order valence-electron chi connectivity index (χ0n) is 17.4. The Hall–Kier alpha value is -3.57. The maximum Gasteiger partial charge on any atom is 0.291 e. The van der Waals surface area contributed by atoms with Gasteiger partial charge in [0.25, 0.3) is 5.91 Å². The summed E-state index contributed by atoms with van der Waals surface area (Å²) in [6.07, 6.45) is 0. The lowest BCUT2D eigenvalue weighted by Gasteiger charge is -2.25. The molecule has 1 aliphatic rings. The lowest BCUT2D eigenvalue weighted by atomic mass is 9.98. The molecule has 1 atom stereocenters. The van der Waals surface area contributed by atoms with Crippen molar-refractivity contribution in [1.29, 1.82) is 0 Å². The third kappa shape index (κ3) is 3.45. The maximum atomic E-state index is 13.5. The van der Waals surface area contributed by atoms with Crippen LogP contribution in [0.3, 0.4) is 0 Å². The zero-order valence-corrected chi connectivity index (χ0v) is 18.1. The zero-order chi connectivity index (χ0) is 22.2. The largest absolute Gasteiger partial charge is 0.494 e. The number of benzene rings is 3. The van der Waals surface area contributed by atoms with Gasteiger partial charge >= 0.3 is 0 Å². The monoisotopic (exact) mass is 445 g/mol. The predicted molar refractivity (Wildman–Crippen MR) is 123 cm³/mol. The van der Waals surface area contributed by atoms with E-state index >= 15 is 0 Å². The Labute approximate surface area is 189 Å². The minimum absolute atomic E-state index is 0.0830. The van der Waals surface area contributed by atoms with Crippen molar-refractivity contribution in [2.45, 2.75) is 19.5 Å². The molecule has 1 aromatic heterocycles. The number of carbonyl (C=O) groups is 1. The van der Waals surface area contributed by atoms with Crippen LogP contribution < -0.4 is 10.2 Å². The topological polar surface area (TPSA) is 59.8 Å². The summed E-state index contributed by atoms with van der Waals surface area (Å²) < 4.78 is 11.5. The van der Waals surface area contributed by atoms with Crippen LogP contribution in [0.5, 0.6) is 5.75 Å². The number of hydrogen-bond acceptors (Lipinski definition) is 4. The summed E-state index contributed by atoms with van der Waals surface area (Å²) in [4.78, 5) is 28.7. The summed E-state index contributed by atoms with van der Waals surface area (Å²) in [7, 11) is 0. The molecular weight excluding hydrogens is 426 g/mol. The van der Waals surface area contributed by atoms with Crippen molar-refractivity contribution in [2.24, 2.45) is 0 Å². The molecule has 1 amide bonds. The average molecular weight is 446 g/mol. The van der Waals surface area contributed by atoms with Crippen LogP contribution >= 0.6 is 11.6 Å². The highest BCUT2D eigenvalue weighted by molar-refractivity contribution is 6.31. The van der Waals surface area contributed by atoms with Gasteiger partial charge in [0.05, 0.1) is 23.6 Å². The number of ether oxygens (including phenoxy) is 1. The highest BCUT2D eigenvalue weighted by atomic mass is 35.5. The highest BCUT2D eigenvalue weighted by Crippen LogP contribution is 2.39. The number of rotatable bonds is 5. The Bertz CT molecular complexity index is 1360. The van der Waals surface area contributed by atoms with Crippen LogP contribution in [0.2, 0.25) is 5.02 Å². The molecule has 2 heterocycles. The molecule has 1 aliphatic heterocycles.